The average Bonchev–Trinajstić information content (AvgIpc) is 2.37. The van der Waals surface area contributed by atoms with Crippen LogP contribution in [0.3, 0.4) is 0 Å². The first-order valence-electron chi connectivity index (χ1n) is 6.23. The highest BCUT2D eigenvalue weighted by atomic mass is 32.2. The van der Waals surface area contributed by atoms with Gasteiger partial charge in [0.15, 0.2) is 9.84 Å². The molecule has 1 aromatic carbocycles. The van der Waals surface area contributed by atoms with E-state index in [-0.39, 0.29) is 6.04 Å². The van der Waals surface area contributed by atoms with Crippen LogP contribution in [0, 0.1) is 11.3 Å². The first-order chi connectivity index (χ1) is 8.86. The fourth-order valence-electron chi connectivity index (χ4n) is 1.85. The highest BCUT2D eigenvalue weighted by Gasteiger charge is 2.13. The van der Waals surface area contributed by atoms with Crippen molar-refractivity contribution < 1.29 is 8.42 Å². The third kappa shape index (κ3) is 4.66. The summed E-state index contributed by atoms with van der Waals surface area (Å²) < 4.78 is 22.8. The highest BCUT2D eigenvalue weighted by molar-refractivity contribution is 7.90. The summed E-state index contributed by atoms with van der Waals surface area (Å²) in [5.41, 5.74) is 1.08. The van der Waals surface area contributed by atoms with Crippen molar-refractivity contribution in [1.82, 2.24) is 4.90 Å². The van der Waals surface area contributed by atoms with Gasteiger partial charge in [-0.05, 0) is 44.6 Å². The van der Waals surface area contributed by atoms with Crippen LogP contribution in [0.2, 0.25) is 0 Å². The molecule has 0 saturated carbocycles. The van der Waals surface area contributed by atoms with E-state index in [0.29, 0.717) is 11.3 Å². The molecule has 5 heteroatoms. The summed E-state index contributed by atoms with van der Waals surface area (Å²) >= 11 is 0. The molecule has 1 aromatic rings. The first kappa shape index (κ1) is 15.7. The second-order valence-electron chi connectivity index (χ2n) is 4.76. The number of hydrogen-bond acceptors (Lipinski definition) is 4. The Hall–Kier alpha value is -1.38. The quantitative estimate of drug-likeness (QED) is 0.751. The van der Waals surface area contributed by atoms with Crippen molar-refractivity contribution in [1.29, 1.82) is 5.26 Å². The predicted molar refractivity (Wildman–Crippen MR) is 75.4 cm³/mol. The number of unbranched alkanes of at least 4 members (excludes halogenated alkanes) is 1. The summed E-state index contributed by atoms with van der Waals surface area (Å²) in [5.74, 6) is 0. The molecule has 4 nitrogen and oxygen atoms in total. The summed E-state index contributed by atoms with van der Waals surface area (Å²) in [6.45, 7) is 2.92. The van der Waals surface area contributed by atoms with Gasteiger partial charge in [-0.15, -0.1) is 0 Å². The van der Waals surface area contributed by atoms with Crippen LogP contribution in [0.5, 0.6) is 0 Å². The molecular formula is C14H20N2O2S. The zero-order valence-corrected chi connectivity index (χ0v) is 12.4. The van der Waals surface area contributed by atoms with Crippen molar-refractivity contribution in [3.63, 3.8) is 0 Å². The van der Waals surface area contributed by atoms with E-state index in [1.54, 1.807) is 12.1 Å². The number of benzene rings is 1. The summed E-state index contributed by atoms with van der Waals surface area (Å²) in [6, 6.07) is 9.32. The molecule has 0 aliphatic rings. The van der Waals surface area contributed by atoms with Crippen molar-refractivity contribution in [2.75, 3.05) is 19.8 Å². The van der Waals surface area contributed by atoms with Crippen LogP contribution < -0.4 is 0 Å². The molecule has 19 heavy (non-hydrogen) atoms. The zero-order chi connectivity index (χ0) is 14.5. The van der Waals surface area contributed by atoms with E-state index in [4.69, 9.17) is 5.26 Å². The van der Waals surface area contributed by atoms with Gasteiger partial charge in [-0.25, -0.2) is 8.42 Å². The first-order valence-corrected chi connectivity index (χ1v) is 8.12. The molecule has 0 aromatic heterocycles. The topological polar surface area (TPSA) is 61.2 Å². The molecule has 0 radical (unpaired) electrons. The molecule has 1 unspecified atom stereocenters. The van der Waals surface area contributed by atoms with E-state index in [0.717, 1.165) is 18.5 Å². The zero-order valence-electron chi connectivity index (χ0n) is 11.6. The van der Waals surface area contributed by atoms with Crippen LogP contribution in [0.15, 0.2) is 29.2 Å². The van der Waals surface area contributed by atoms with Gasteiger partial charge < -0.3 is 0 Å². The molecular weight excluding hydrogens is 260 g/mol. The Kier molecular flexibility index (Phi) is 5.52. The Morgan fingerprint density at radius 3 is 2.37 bits per heavy atom. The minimum atomic E-state index is -3.13. The SMILES string of the molecule is CC(c1ccc(S(C)(=O)=O)cc1)N(C)CCCC#N. The van der Waals surface area contributed by atoms with E-state index in [9.17, 15) is 8.42 Å². The normalized spacial score (nSPS) is 13.2. The lowest BCUT2D eigenvalue weighted by Gasteiger charge is -2.24. The summed E-state index contributed by atoms with van der Waals surface area (Å²) in [6.07, 6.45) is 2.61. The van der Waals surface area contributed by atoms with Crippen LogP contribution >= 0.6 is 0 Å². The third-order valence-corrected chi connectivity index (χ3v) is 4.38. The van der Waals surface area contributed by atoms with Gasteiger partial charge in [0, 0.05) is 18.7 Å². The number of nitrogens with zero attached hydrogens (tertiary/aromatic N) is 2. The van der Waals surface area contributed by atoms with E-state index in [1.165, 1.54) is 6.26 Å². The summed E-state index contributed by atoms with van der Waals surface area (Å²) in [5, 5.41) is 8.52. The second kappa shape index (κ2) is 6.69. The molecule has 0 bridgehead atoms. The van der Waals surface area contributed by atoms with Gasteiger partial charge in [-0.3, -0.25) is 4.90 Å². The molecule has 1 rings (SSSR count). The average molecular weight is 280 g/mol. The Bertz CT molecular complexity index is 544. The molecule has 104 valence electrons. The Morgan fingerprint density at radius 2 is 1.89 bits per heavy atom. The molecule has 0 spiro atoms. The fraction of sp³-hybridized carbons (Fsp3) is 0.500. The van der Waals surface area contributed by atoms with E-state index in [2.05, 4.69) is 17.9 Å². The van der Waals surface area contributed by atoms with Crippen molar-refractivity contribution in [3.8, 4) is 6.07 Å². The van der Waals surface area contributed by atoms with Crippen LogP contribution in [-0.4, -0.2) is 33.2 Å². The van der Waals surface area contributed by atoms with E-state index < -0.39 is 9.84 Å². The molecule has 1 atom stereocenters. The Morgan fingerprint density at radius 1 is 1.32 bits per heavy atom. The monoisotopic (exact) mass is 280 g/mol. The number of nitriles is 1. The second-order valence-corrected chi connectivity index (χ2v) is 6.78. The molecule has 0 amide bonds. The lowest BCUT2D eigenvalue weighted by atomic mass is 10.1. The van der Waals surface area contributed by atoms with Gasteiger partial charge in [0.1, 0.15) is 0 Å². The fourth-order valence-corrected chi connectivity index (χ4v) is 2.48. The van der Waals surface area contributed by atoms with E-state index >= 15 is 0 Å². The minimum Gasteiger partial charge on any atom is -0.300 e. The standard InChI is InChI=1S/C14H20N2O2S/c1-12(16(2)11-5-4-10-15)13-6-8-14(9-7-13)19(3,17)18/h6-9,12H,4-5,11H2,1-3H3. The van der Waals surface area contributed by atoms with Gasteiger partial charge in [-0.1, -0.05) is 12.1 Å². The molecule has 0 fully saturated rings. The summed E-state index contributed by atoms with van der Waals surface area (Å²) in [4.78, 5) is 2.50. The van der Waals surface area contributed by atoms with E-state index in [1.807, 2.05) is 19.2 Å². The van der Waals surface area contributed by atoms with Crippen LogP contribution in [-0.2, 0) is 9.84 Å². The third-order valence-electron chi connectivity index (χ3n) is 3.25. The van der Waals surface area contributed by atoms with Gasteiger partial charge in [0.2, 0.25) is 0 Å². The van der Waals surface area contributed by atoms with Gasteiger partial charge in [0.25, 0.3) is 0 Å². The molecule has 0 heterocycles. The Balaban J connectivity index is 2.73. The van der Waals surface area contributed by atoms with Gasteiger partial charge in [0.05, 0.1) is 11.0 Å². The maximum Gasteiger partial charge on any atom is 0.175 e. The number of sulfone groups is 1. The largest absolute Gasteiger partial charge is 0.300 e. The molecule has 0 aliphatic carbocycles. The number of hydrogen-bond donors (Lipinski definition) is 0. The maximum atomic E-state index is 11.4. The van der Waals surface area contributed by atoms with Crippen LogP contribution in [0.1, 0.15) is 31.4 Å². The van der Waals surface area contributed by atoms with Gasteiger partial charge >= 0.3 is 0 Å². The van der Waals surface area contributed by atoms with Crippen molar-refractivity contribution in [3.05, 3.63) is 29.8 Å². The van der Waals surface area contributed by atoms with Crippen molar-refractivity contribution >= 4 is 9.84 Å². The maximum absolute atomic E-state index is 11.4. The molecule has 0 saturated heterocycles. The predicted octanol–water partition coefficient (Wildman–Crippen LogP) is 2.39. The smallest absolute Gasteiger partial charge is 0.175 e. The van der Waals surface area contributed by atoms with Crippen molar-refractivity contribution in [2.24, 2.45) is 0 Å². The molecule has 0 aliphatic heterocycles. The van der Waals surface area contributed by atoms with Gasteiger partial charge in [-0.2, -0.15) is 5.26 Å². The lowest BCUT2D eigenvalue weighted by Crippen LogP contribution is -2.23. The Labute approximate surface area is 115 Å². The summed E-state index contributed by atoms with van der Waals surface area (Å²) in [7, 11) is -1.13. The lowest BCUT2D eigenvalue weighted by molar-refractivity contribution is 0.259. The van der Waals surface area contributed by atoms with Crippen molar-refractivity contribution in [2.45, 2.75) is 30.7 Å². The van der Waals surface area contributed by atoms with Crippen LogP contribution in [0.4, 0.5) is 0 Å². The van der Waals surface area contributed by atoms with Crippen LogP contribution in [0.25, 0.3) is 0 Å². The number of rotatable bonds is 6. The highest BCUT2D eigenvalue weighted by Crippen LogP contribution is 2.20. The molecule has 0 N–H and O–H groups in total. The minimum absolute atomic E-state index is 0.201.